The maximum absolute atomic E-state index is 6.12. The van der Waals surface area contributed by atoms with Crippen molar-refractivity contribution < 1.29 is 8.85 Å². The molecule has 6 heteroatoms. The fourth-order valence-electron chi connectivity index (χ4n) is 2.07. The third kappa shape index (κ3) is 4.04. The molecule has 19 heavy (non-hydrogen) atoms. The van der Waals surface area contributed by atoms with Crippen molar-refractivity contribution in [3.63, 3.8) is 0 Å². The van der Waals surface area contributed by atoms with E-state index in [4.69, 9.17) is 8.85 Å². The molecule has 0 saturated carbocycles. The molecule has 1 aromatic heterocycles. The molecule has 0 fully saturated rings. The quantitative estimate of drug-likeness (QED) is 0.799. The molecular formula is C13H24N2O2Si2. The lowest BCUT2D eigenvalue weighted by Crippen LogP contribution is -2.32. The third-order valence-corrected chi connectivity index (χ3v) is 4.28. The van der Waals surface area contributed by atoms with Gasteiger partial charge in [0.05, 0.1) is 5.69 Å². The zero-order valence-corrected chi connectivity index (χ0v) is 14.8. The normalized spacial score (nSPS) is 15.3. The maximum Gasteiger partial charge on any atom is 0.306 e. The number of hydrogen-bond acceptors (Lipinski definition) is 4. The van der Waals surface area contributed by atoms with Crippen LogP contribution in [0.5, 0.6) is 11.9 Å². The van der Waals surface area contributed by atoms with Gasteiger partial charge in [0.1, 0.15) is 0 Å². The first-order valence-corrected chi connectivity index (χ1v) is 13.7. The van der Waals surface area contributed by atoms with Crippen LogP contribution < -0.4 is 8.85 Å². The summed E-state index contributed by atoms with van der Waals surface area (Å²) in [6.45, 7) is 13.0. The van der Waals surface area contributed by atoms with Crippen LogP contribution in [0.15, 0.2) is 0 Å². The Labute approximate surface area is 117 Å². The van der Waals surface area contributed by atoms with Crippen molar-refractivity contribution in [1.29, 1.82) is 0 Å². The molecule has 0 unspecified atom stereocenters. The van der Waals surface area contributed by atoms with Crippen molar-refractivity contribution in [2.75, 3.05) is 0 Å². The molecular weight excluding hydrogens is 272 g/mol. The standard InChI is InChI=1S/C13H24N2O2Si2/c1-18(2,3)16-12-10-8-7-9-11(10)14-13(15-12)17-19(4,5)6/h7-9H2,1-6H3. The average molecular weight is 297 g/mol. The lowest BCUT2D eigenvalue weighted by Gasteiger charge is -2.22. The van der Waals surface area contributed by atoms with Crippen LogP contribution in [0, 0.1) is 0 Å². The molecule has 0 N–H and O–H groups in total. The summed E-state index contributed by atoms with van der Waals surface area (Å²) in [6, 6.07) is 0.507. The van der Waals surface area contributed by atoms with E-state index in [2.05, 4.69) is 49.3 Å². The van der Waals surface area contributed by atoms with E-state index in [-0.39, 0.29) is 0 Å². The number of aryl methyl sites for hydroxylation is 1. The van der Waals surface area contributed by atoms with Gasteiger partial charge < -0.3 is 8.85 Å². The maximum atomic E-state index is 6.12. The number of nitrogens with zero attached hydrogens (tertiary/aromatic N) is 2. The molecule has 0 amide bonds. The van der Waals surface area contributed by atoms with Crippen LogP contribution in [-0.4, -0.2) is 26.6 Å². The van der Waals surface area contributed by atoms with Crippen LogP contribution in [0.4, 0.5) is 0 Å². The van der Waals surface area contributed by atoms with Crippen LogP contribution in [0.3, 0.4) is 0 Å². The molecule has 0 bridgehead atoms. The summed E-state index contributed by atoms with van der Waals surface area (Å²) in [4.78, 5) is 9.10. The van der Waals surface area contributed by atoms with Crippen LogP contribution in [0.2, 0.25) is 39.3 Å². The summed E-state index contributed by atoms with van der Waals surface area (Å²) in [7, 11) is -3.34. The second-order valence-corrected chi connectivity index (χ2v) is 15.9. The Kier molecular flexibility index (Phi) is 3.75. The molecule has 0 aliphatic heterocycles. The van der Waals surface area contributed by atoms with Gasteiger partial charge in [-0.25, -0.2) is 4.98 Å². The SMILES string of the molecule is C[Si](C)(C)Oc1nc2c(c(O[Si](C)(C)C)n1)CCC2. The molecule has 1 aromatic rings. The Morgan fingerprint density at radius 2 is 1.47 bits per heavy atom. The summed E-state index contributed by atoms with van der Waals surface area (Å²) < 4.78 is 12.1. The van der Waals surface area contributed by atoms with E-state index >= 15 is 0 Å². The van der Waals surface area contributed by atoms with Crippen molar-refractivity contribution in [2.45, 2.75) is 58.5 Å². The second kappa shape index (κ2) is 4.90. The zero-order valence-electron chi connectivity index (χ0n) is 12.8. The minimum atomic E-state index is -1.68. The van der Waals surface area contributed by atoms with Crippen molar-refractivity contribution in [3.05, 3.63) is 11.3 Å². The fraction of sp³-hybridized carbons (Fsp3) is 0.692. The third-order valence-electron chi connectivity index (χ3n) is 2.67. The first-order valence-electron chi connectivity index (χ1n) is 6.92. The molecule has 0 atom stereocenters. The Bertz CT molecular complexity index is 479. The predicted octanol–water partition coefficient (Wildman–Crippen LogP) is 3.39. The molecule has 2 rings (SSSR count). The van der Waals surface area contributed by atoms with Crippen molar-refractivity contribution >= 4 is 16.6 Å². The first-order chi connectivity index (χ1) is 8.64. The van der Waals surface area contributed by atoms with E-state index in [1.807, 2.05) is 0 Å². The molecule has 106 valence electrons. The van der Waals surface area contributed by atoms with Crippen LogP contribution >= 0.6 is 0 Å². The van der Waals surface area contributed by atoms with E-state index < -0.39 is 16.6 Å². The highest BCUT2D eigenvalue weighted by molar-refractivity contribution is 6.70. The van der Waals surface area contributed by atoms with Crippen molar-refractivity contribution in [1.82, 2.24) is 9.97 Å². The predicted molar refractivity (Wildman–Crippen MR) is 82.0 cm³/mol. The summed E-state index contributed by atoms with van der Waals surface area (Å²) >= 11 is 0. The molecule has 1 heterocycles. The molecule has 1 aliphatic rings. The van der Waals surface area contributed by atoms with Crippen LogP contribution in [-0.2, 0) is 12.8 Å². The van der Waals surface area contributed by atoms with Gasteiger partial charge in [0.25, 0.3) is 0 Å². The molecule has 1 aliphatic carbocycles. The Morgan fingerprint density at radius 3 is 2.05 bits per heavy atom. The van der Waals surface area contributed by atoms with Gasteiger partial charge in [0.15, 0.2) is 0 Å². The van der Waals surface area contributed by atoms with Gasteiger partial charge in [-0.1, -0.05) is 0 Å². The summed E-state index contributed by atoms with van der Waals surface area (Å²) in [5.74, 6) is 0.773. The van der Waals surface area contributed by atoms with Gasteiger partial charge in [-0.2, -0.15) is 4.98 Å². The minimum Gasteiger partial charge on any atom is -0.531 e. The summed E-state index contributed by atoms with van der Waals surface area (Å²) in [6.07, 6.45) is 3.19. The topological polar surface area (TPSA) is 44.2 Å². The van der Waals surface area contributed by atoms with Gasteiger partial charge in [-0.05, 0) is 58.5 Å². The fourth-order valence-corrected chi connectivity index (χ4v) is 3.46. The highest BCUT2D eigenvalue weighted by atomic mass is 28.4. The molecule has 0 saturated heterocycles. The van der Waals surface area contributed by atoms with Gasteiger partial charge in [-0.3, -0.25) is 0 Å². The van der Waals surface area contributed by atoms with E-state index in [1.165, 1.54) is 5.56 Å². The monoisotopic (exact) mass is 296 g/mol. The van der Waals surface area contributed by atoms with Crippen molar-refractivity contribution in [3.8, 4) is 11.9 Å². The lowest BCUT2D eigenvalue weighted by atomic mass is 10.2. The zero-order chi connectivity index (χ0) is 14.3. The van der Waals surface area contributed by atoms with Crippen LogP contribution in [0.25, 0.3) is 0 Å². The largest absolute Gasteiger partial charge is 0.531 e. The first kappa shape index (κ1) is 14.5. The highest BCUT2D eigenvalue weighted by Gasteiger charge is 2.27. The molecule has 4 nitrogen and oxygen atoms in total. The smallest absolute Gasteiger partial charge is 0.306 e. The van der Waals surface area contributed by atoms with Gasteiger partial charge in [0, 0.05) is 5.56 Å². The molecule has 0 radical (unpaired) electrons. The van der Waals surface area contributed by atoms with E-state index in [0.717, 1.165) is 30.8 Å². The van der Waals surface area contributed by atoms with Crippen LogP contribution in [0.1, 0.15) is 17.7 Å². The Morgan fingerprint density at radius 1 is 0.842 bits per heavy atom. The number of aromatic nitrogens is 2. The Hall–Kier alpha value is -0.886. The second-order valence-electron chi connectivity index (χ2n) is 7.02. The number of hydrogen-bond donors (Lipinski definition) is 0. The van der Waals surface area contributed by atoms with Crippen molar-refractivity contribution in [2.24, 2.45) is 0 Å². The van der Waals surface area contributed by atoms with Gasteiger partial charge in [-0.15, -0.1) is 0 Å². The lowest BCUT2D eigenvalue weighted by molar-refractivity contribution is 0.470. The van der Waals surface area contributed by atoms with Gasteiger partial charge in [0.2, 0.25) is 22.5 Å². The van der Waals surface area contributed by atoms with Gasteiger partial charge >= 0.3 is 6.01 Å². The number of fused-ring (bicyclic) bond motifs is 1. The molecule has 0 aromatic carbocycles. The minimum absolute atomic E-state index is 0.507. The number of rotatable bonds is 4. The van der Waals surface area contributed by atoms with E-state index in [1.54, 1.807) is 0 Å². The Balaban J connectivity index is 2.36. The van der Waals surface area contributed by atoms with E-state index in [0.29, 0.717) is 6.01 Å². The summed E-state index contributed by atoms with van der Waals surface area (Å²) in [5, 5.41) is 0. The van der Waals surface area contributed by atoms with E-state index in [9.17, 15) is 0 Å². The molecule has 0 spiro atoms. The average Bonchev–Trinajstić information content (AvgIpc) is 2.59. The highest BCUT2D eigenvalue weighted by Crippen LogP contribution is 2.31. The summed E-state index contributed by atoms with van der Waals surface area (Å²) in [5.41, 5.74) is 2.32.